The standard InChI is InChI=1S/C23H25ClN6O4/c1-26-23(33)19-20(21(25)31)30(13-27-19)15-6-4-14(5-7-15)28-22(32)17-9-8-16(12-18(17)24)34-11-10-29(2)3/h4-9,12-13H,10-11H2,1-3H3,(H2,25,31)(H,26,33)(H,28,32). The van der Waals surface area contributed by atoms with Crippen LogP contribution in [0, 0.1) is 0 Å². The van der Waals surface area contributed by atoms with Gasteiger partial charge in [0.05, 0.1) is 10.6 Å². The fraction of sp³-hybridized carbons (Fsp3) is 0.217. The molecule has 0 saturated heterocycles. The number of nitrogens with zero attached hydrogens (tertiary/aromatic N) is 3. The number of nitrogens with two attached hydrogens (primary N) is 1. The van der Waals surface area contributed by atoms with E-state index < -0.39 is 11.8 Å². The van der Waals surface area contributed by atoms with Crippen LogP contribution < -0.4 is 21.1 Å². The number of rotatable bonds is 9. The first-order valence-corrected chi connectivity index (χ1v) is 10.7. The zero-order valence-corrected chi connectivity index (χ0v) is 19.7. The number of benzene rings is 2. The molecule has 0 fully saturated rings. The van der Waals surface area contributed by atoms with Gasteiger partial charge in [0.25, 0.3) is 17.7 Å². The highest BCUT2D eigenvalue weighted by Crippen LogP contribution is 2.24. The molecule has 11 heteroatoms. The van der Waals surface area contributed by atoms with E-state index in [0.717, 1.165) is 6.54 Å². The fourth-order valence-corrected chi connectivity index (χ4v) is 3.34. The van der Waals surface area contributed by atoms with E-state index in [-0.39, 0.29) is 22.3 Å². The highest BCUT2D eigenvalue weighted by atomic mass is 35.5. The molecule has 3 amide bonds. The Labute approximate surface area is 201 Å². The molecule has 2 aromatic carbocycles. The number of anilines is 1. The predicted octanol–water partition coefficient (Wildman–Crippen LogP) is 2.18. The number of likely N-dealkylation sites (N-methyl/N-ethyl adjacent to an activating group) is 1. The predicted molar refractivity (Wildman–Crippen MR) is 129 cm³/mol. The summed E-state index contributed by atoms with van der Waals surface area (Å²) >= 11 is 6.29. The van der Waals surface area contributed by atoms with Crippen molar-refractivity contribution in [1.82, 2.24) is 19.8 Å². The first kappa shape index (κ1) is 24.7. The molecule has 3 rings (SSSR count). The van der Waals surface area contributed by atoms with E-state index in [1.165, 1.54) is 17.9 Å². The Balaban J connectivity index is 1.73. The number of imidazole rings is 1. The summed E-state index contributed by atoms with van der Waals surface area (Å²) in [6.07, 6.45) is 1.33. The third-order valence-corrected chi connectivity index (χ3v) is 5.15. The largest absolute Gasteiger partial charge is 0.492 e. The van der Waals surface area contributed by atoms with E-state index in [2.05, 4.69) is 15.6 Å². The van der Waals surface area contributed by atoms with E-state index in [0.29, 0.717) is 29.3 Å². The third-order valence-electron chi connectivity index (χ3n) is 4.84. The molecule has 0 saturated carbocycles. The van der Waals surface area contributed by atoms with Gasteiger partial charge in [-0.05, 0) is 56.6 Å². The lowest BCUT2D eigenvalue weighted by Crippen LogP contribution is -2.25. The number of primary amides is 1. The van der Waals surface area contributed by atoms with Crippen molar-refractivity contribution in [2.24, 2.45) is 5.73 Å². The van der Waals surface area contributed by atoms with Crippen LogP contribution >= 0.6 is 11.6 Å². The molecule has 34 heavy (non-hydrogen) atoms. The Bertz CT molecular complexity index is 1210. The molecule has 1 heterocycles. The molecule has 0 aliphatic heterocycles. The van der Waals surface area contributed by atoms with E-state index >= 15 is 0 Å². The Morgan fingerprint density at radius 1 is 1.12 bits per heavy atom. The van der Waals surface area contributed by atoms with E-state index in [1.807, 2.05) is 19.0 Å². The minimum Gasteiger partial charge on any atom is -0.492 e. The maximum absolute atomic E-state index is 12.7. The van der Waals surface area contributed by atoms with Crippen LogP contribution in [0.15, 0.2) is 48.8 Å². The number of hydrogen-bond donors (Lipinski definition) is 3. The van der Waals surface area contributed by atoms with Gasteiger partial charge in [-0.25, -0.2) is 4.98 Å². The van der Waals surface area contributed by atoms with Crippen LogP contribution in [0.5, 0.6) is 5.75 Å². The average Bonchev–Trinajstić information content (AvgIpc) is 3.24. The van der Waals surface area contributed by atoms with Gasteiger partial charge in [0.15, 0.2) is 5.69 Å². The lowest BCUT2D eigenvalue weighted by Gasteiger charge is -2.12. The second-order valence-electron chi connectivity index (χ2n) is 7.55. The molecule has 0 aliphatic carbocycles. The van der Waals surface area contributed by atoms with Gasteiger partial charge in [0.2, 0.25) is 0 Å². The number of ether oxygens (including phenoxy) is 1. The number of halogens is 1. The van der Waals surface area contributed by atoms with Crippen molar-refractivity contribution < 1.29 is 19.1 Å². The van der Waals surface area contributed by atoms with Crippen LogP contribution in [0.1, 0.15) is 31.3 Å². The molecule has 4 N–H and O–H groups in total. The number of aromatic nitrogens is 2. The molecule has 10 nitrogen and oxygen atoms in total. The van der Waals surface area contributed by atoms with Crippen LogP contribution in [0.25, 0.3) is 5.69 Å². The second-order valence-corrected chi connectivity index (χ2v) is 7.96. The van der Waals surface area contributed by atoms with Crippen molar-refractivity contribution in [3.05, 3.63) is 70.8 Å². The van der Waals surface area contributed by atoms with Crippen molar-refractivity contribution in [3.8, 4) is 11.4 Å². The molecular weight excluding hydrogens is 460 g/mol. The Kier molecular flexibility index (Phi) is 7.87. The Morgan fingerprint density at radius 3 is 2.41 bits per heavy atom. The second kappa shape index (κ2) is 10.8. The van der Waals surface area contributed by atoms with Crippen LogP contribution in [0.2, 0.25) is 5.02 Å². The SMILES string of the molecule is CNC(=O)c1ncn(-c2ccc(NC(=O)c3ccc(OCCN(C)C)cc3Cl)cc2)c1C(N)=O. The lowest BCUT2D eigenvalue weighted by atomic mass is 10.2. The van der Waals surface area contributed by atoms with Gasteiger partial charge >= 0.3 is 0 Å². The fourth-order valence-electron chi connectivity index (χ4n) is 3.08. The van der Waals surface area contributed by atoms with Gasteiger partial charge in [-0.1, -0.05) is 11.6 Å². The van der Waals surface area contributed by atoms with E-state index in [9.17, 15) is 14.4 Å². The number of nitrogens with one attached hydrogen (secondary N) is 2. The first-order chi connectivity index (χ1) is 16.2. The van der Waals surface area contributed by atoms with Gasteiger partial charge in [0, 0.05) is 25.0 Å². The highest BCUT2D eigenvalue weighted by Gasteiger charge is 2.22. The summed E-state index contributed by atoms with van der Waals surface area (Å²) in [6.45, 7) is 1.25. The van der Waals surface area contributed by atoms with Gasteiger partial charge in [-0.2, -0.15) is 0 Å². The molecule has 0 aliphatic rings. The van der Waals surface area contributed by atoms with E-state index in [4.69, 9.17) is 22.1 Å². The molecular formula is C23H25ClN6O4. The molecule has 0 bridgehead atoms. The third kappa shape index (κ3) is 5.72. The number of hydrogen-bond acceptors (Lipinski definition) is 6. The average molecular weight is 485 g/mol. The maximum atomic E-state index is 12.7. The van der Waals surface area contributed by atoms with Gasteiger partial charge < -0.3 is 26.0 Å². The minimum atomic E-state index is -0.794. The summed E-state index contributed by atoms with van der Waals surface area (Å²) in [5.41, 5.74) is 6.67. The summed E-state index contributed by atoms with van der Waals surface area (Å²) in [6, 6.07) is 11.5. The molecule has 0 atom stereocenters. The van der Waals surface area contributed by atoms with Gasteiger partial charge in [-0.15, -0.1) is 0 Å². The zero-order valence-electron chi connectivity index (χ0n) is 19.0. The summed E-state index contributed by atoms with van der Waals surface area (Å²) in [4.78, 5) is 42.6. The van der Waals surface area contributed by atoms with Crippen LogP contribution in [0.3, 0.4) is 0 Å². The quantitative estimate of drug-likeness (QED) is 0.426. The normalized spacial score (nSPS) is 10.7. The molecule has 0 radical (unpaired) electrons. The van der Waals surface area contributed by atoms with Crippen molar-refractivity contribution in [1.29, 1.82) is 0 Å². The summed E-state index contributed by atoms with van der Waals surface area (Å²) < 4.78 is 7.04. The lowest BCUT2D eigenvalue weighted by molar-refractivity contribution is 0.0937. The van der Waals surface area contributed by atoms with Gasteiger partial charge in [-0.3, -0.25) is 19.0 Å². The Morgan fingerprint density at radius 2 is 1.82 bits per heavy atom. The molecule has 3 aromatic rings. The maximum Gasteiger partial charge on any atom is 0.272 e. The topological polar surface area (TPSA) is 132 Å². The minimum absolute atomic E-state index is 0.0455. The highest BCUT2D eigenvalue weighted by molar-refractivity contribution is 6.34. The monoisotopic (exact) mass is 484 g/mol. The number of carbonyl (C=O) groups excluding carboxylic acids is 3. The van der Waals surface area contributed by atoms with Crippen molar-refractivity contribution >= 4 is 35.0 Å². The van der Waals surface area contributed by atoms with Crippen molar-refractivity contribution in [2.45, 2.75) is 0 Å². The zero-order chi connectivity index (χ0) is 24.8. The first-order valence-electron chi connectivity index (χ1n) is 10.3. The molecule has 1 aromatic heterocycles. The number of amides is 3. The van der Waals surface area contributed by atoms with Gasteiger partial charge in [0.1, 0.15) is 24.4 Å². The van der Waals surface area contributed by atoms with Crippen molar-refractivity contribution in [2.75, 3.05) is 39.6 Å². The number of carbonyl (C=O) groups is 3. The Hall–Kier alpha value is -3.89. The van der Waals surface area contributed by atoms with Crippen LogP contribution in [-0.4, -0.2) is 66.5 Å². The molecule has 0 spiro atoms. The van der Waals surface area contributed by atoms with E-state index in [1.54, 1.807) is 42.5 Å². The summed E-state index contributed by atoms with van der Waals surface area (Å²) in [7, 11) is 5.33. The van der Waals surface area contributed by atoms with Crippen LogP contribution in [0.4, 0.5) is 5.69 Å². The molecule has 0 unspecified atom stereocenters. The molecule has 178 valence electrons. The summed E-state index contributed by atoms with van der Waals surface area (Å²) in [5.74, 6) is -1.13. The van der Waals surface area contributed by atoms with Crippen LogP contribution in [-0.2, 0) is 0 Å². The summed E-state index contributed by atoms with van der Waals surface area (Å²) in [5, 5.41) is 5.46. The van der Waals surface area contributed by atoms with Crippen molar-refractivity contribution in [3.63, 3.8) is 0 Å². The smallest absolute Gasteiger partial charge is 0.272 e.